The Morgan fingerprint density at radius 2 is 1.61 bits per heavy atom. The second kappa shape index (κ2) is 13.5. The van der Waals surface area contributed by atoms with E-state index in [1.165, 1.54) is 29.2 Å². The second-order valence-corrected chi connectivity index (χ2v) is 11.8. The molecule has 0 saturated carbocycles. The van der Waals surface area contributed by atoms with Crippen LogP contribution in [-0.4, -0.2) is 54.5 Å². The Kier molecular flexibility index (Phi) is 9.88. The zero-order chi connectivity index (χ0) is 29.4. The molecule has 1 aliphatic rings. The number of hydrogen-bond donors (Lipinski definition) is 1. The van der Waals surface area contributed by atoms with Gasteiger partial charge in [-0.05, 0) is 48.2 Å². The molecule has 0 spiro atoms. The summed E-state index contributed by atoms with van der Waals surface area (Å²) in [4.78, 5) is 41.4. The van der Waals surface area contributed by atoms with Gasteiger partial charge < -0.3 is 10.2 Å². The normalized spacial score (nSPS) is 14.4. The topological polar surface area (TPSA) is 104 Å². The molecular formula is C31H34FN3O5S. The zero-order valence-corrected chi connectivity index (χ0v) is 23.8. The molecule has 1 atom stereocenters. The molecule has 3 aromatic carbocycles. The fourth-order valence-corrected chi connectivity index (χ4v) is 6.42. The fraction of sp³-hybridized carbons (Fsp3) is 0.323. The molecule has 0 saturated heterocycles. The minimum atomic E-state index is -3.99. The predicted molar refractivity (Wildman–Crippen MR) is 153 cm³/mol. The second-order valence-electron chi connectivity index (χ2n) is 9.98. The summed E-state index contributed by atoms with van der Waals surface area (Å²) in [6.45, 7) is 2.37. The van der Waals surface area contributed by atoms with Crippen LogP contribution in [0.2, 0.25) is 0 Å². The van der Waals surface area contributed by atoms with Crippen molar-refractivity contribution in [2.75, 3.05) is 13.1 Å². The largest absolute Gasteiger partial charge is 0.354 e. The van der Waals surface area contributed by atoms with Crippen LogP contribution in [0.5, 0.6) is 0 Å². The van der Waals surface area contributed by atoms with Crippen LogP contribution >= 0.6 is 0 Å². The monoisotopic (exact) mass is 579 g/mol. The summed E-state index contributed by atoms with van der Waals surface area (Å²) in [6, 6.07) is 20.3. The third-order valence-electron chi connectivity index (χ3n) is 7.03. The van der Waals surface area contributed by atoms with E-state index in [2.05, 4.69) is 5.32 Å². The molecule has 41 heavy (non-hydrogen) atoms. The van der Waals surface area contributed by atoms with Crippen molar-refractivity contribution in [3.63, 3.8) is 0 Å². The average Bonchev–Trinajstić information content (AvgIpc) is 3.17. The SMILES string of the molecule is CCCCNC(=O)[C@@H](Cc1ccccc1)N(Cc1ccc(F)cc1)C(=O)CCCN1C(=O)c2ccccc2S1(=O)=O. The molecule has 1 N–H and O–H groups in total. The van der Waals surface area contributed by atoms with Crippen molar-refractivity contribution in [1.29, 1.82) is 0 Å². The van der Waals surface area contributed by atoms with Gasteiger partial charge in [0.1, 0.15) is 16.8 Å². The molecule has 216 valence electrons. The van der Waals surface area contributed by atoms with Crippen LogP contribution in [0.1, 0.15) is 54.1 Å². The van der Waals surface area contributed by atoms with Crippen LogP contribution in [0.4, 0.5) is 4.39 Å². The fourth-order valence-electron chi connectivity index (χ4n) is 4.82. The standard InChI is InChI=1S/C31H34FN3O5S/c1-2-3-19-33-30(37)27(21-23-10-5-4-6-11-23)34(22-24-15-17-25(32)18-16-24)29(36)14-9-20-35-31(38)26-12-7-8-13-28(26)41(35,39)40/h4-8,10-13,15-18,27H,2-3,9,14,19-22H2,1H3,(H,33,37)/t27-/m1/s1. The molecule has 1 heterocycles. The van der Waals surface area contributed by atoms with E-state index < -0.39 is 27.8 Å². The minimum Gasteiger partial charge on any atom is -0.354 e. The van der Waals surface area contributed by atoms with Gasteiger partial charge in [-0.1, -0.05) is 67.9 Å². The Hall–Kier alpha value is -4.05. The van der Waals surface area contributed by atoms with Gasteiger partial charge in [0.25, 0.3) is 15.9 Å². The molecule has 0 bridgehead atoms. The summed E-state index contributed by atoms with van der Waals surface area (Å²) in [5.74, 6) is -1.70. The number of fused-ring (bicyclic) bond motifs is 1. The molecule has 8 nitrogen and oxygen atoms in total. The maximum Gasteiger partial charge on any atom is 0.269 e. The zero-order valence-electron chi connectivity index (χ0n) is 23.0. The molecule has 0 aliphatic carbocycles. The summed E-state index contributed by atoms with van der Waals surface area (Å²) < 4.78 is 40.3. The highest BCUT2D eigenvalue weighted by Gasteiger charge is 2.40. The average molecular weight is 580 g/mol. The number of hydrogen-bond acceptors (Lipinski definition) is 5. The van der Waals surface area contributed by atoms with Gasteiger partial charge in [0, 0.05) is 32.5 Å². The molecule has 0 radical (unpaired) electrons. The third-order valence-corrected chi connectivity index (χ3v) is 8.87. The van der Waals surface area contributed by atoms with Crippen LogP contribution < -0.4 is 5.32 Å². The first-order valence-electron chi connectivity index (χ1n) is 13.7. The molecule has 4 rings (SSSR count). The lowest BCUT2D eigenvalue weighted by atomic mass is 10.0. The quantitative estimate of drug-likeness (QED) is 0.304. The van der Waals surface area contributed by atoms with Gasteiger partial charge in [0.2, 0.25) is 11.8 Å². The van der Waals surface area contributed by atoms with Crippen molar-refractivity contribution in [3.05, 3.63) is 101 Å². The van der Waals surface area contributed by atoms with E-state index in [9.17, 15) is 27.2 Å². The Labute approximate surface area is 240 Å². The number of rotatable bonds is 13. The number of nitrogens with one attached hydrogen (secondary N) is 1. The van der Waals surface area contributed by atoms with Gasteiger partial charge in [-0.15, -0.1) is 0 Å². The Bertz CT molecular complexity index is 1480. The van der Waals surface area contributed by atoms with E-state index in [-0.39, 0.29) is 54.6 Å². The number of carbonyl (C=O) groups is 3. The van der Waals surface area contributed by atoms with E-state index >= 15 is 0 Å². The van der Waals surface area contributed by atoms with E-state index in [0.29, 0.717) is 12.1 Å². The lowest BCUT2D eigenvalue weighted by Gasteiger charge is -2.32. The lowest BCUT2D eigenvalue weighted by Crippen LogP contribution is -2.50. The maximum absolute atomic E-state index is 13.7. The first kappa shape index (κ1) is 29.9. The maximum atomic E-state index is 13.7. The number of nitrogens with zero attached hydrogens (tertiary/aromatic N) is 2. The van der Waals surface area contributed by atoms with Gasteiger partial charge in [-0.3, -0.25) is 14.4 Å². The summed E-state index contributed by atoms with van der Waals surface area (Å²) in [6.07, 6.45) is 1.93. The first-order chi connectivity index (χ1) is 19.7. The number of amides is 3. The summed E-state index contributed by atoms with van der Waals surface area (Å²) >= 11 is 0. The van der Waals surface area contributed by atoms with Gasteiger partial charge in [-0.2, -0.15) is 0 Å². The van der Waals surface area contributed by atoms with E-state index in [1.807, 2.05) is 37.3 Å². The molecular weight excluding hydrogens is 545 g/mol. The molecule has 0 aromatic heterocycles. The van der Waals surface area contributed by atoms with Crippen molar-refractivity contribution in [3.8, 4) is 0 Å². The van der Waals surface area contributed by atoms with Gasteiger partial charge in [0.15, 0.2) is 0 Å². The van der Waals surface area contributed by atoms with Crippen LogP contribution in [-0.2, 0) is 32.6 Å². The summed E-state index contributed by atoms with van der Waals surface area (Å²) in [7, 11) is -3.99. The molecule has 10 heteroatoms. The number of sulfonamides is 1. The lowest BCUT2D eigenvalue weighted by molar-refractivity contribution is -0.141. The highest BCUT2D eigenvalue weighted by atomic mass is 32.2. The summed E-state index contributed by atoms with van der Waals surface area (Å²) in [5.41, 5.74) is 1.63. The van der Waals surface area contributed by atoms with Gasteiger partial charge >= 0.3 is 0 Å². The smallest absolute Gasteiger partial charge is 0.269 e. The molecule has 1 aliphatic heterocycles. The van der Waals surface area contributed by atoms with Crippen molar-refractivity contribution in [1.82, 2.24) is 14.5 Å². The number of carbonyl (C=O) groups excluding carboxylic acids is 3. The van der Waals surface area contributed by atoms with Gasteiger partial charge in [0.05, 0.1) is 5.56 Å². The van der Waals surface area contributed by atoms with Crippen molar-refractivity contribution < 1.29 is 27.2 Å². The third kappa shape index (κ3) is 7.18. The number of unbranched alkanes of at least 4 members (excludes halogenated alkanes) is 1. The molecule has 0 fully saturated rings. The van der Waals surface area contributed by atoms with E-state index in [4.69, 9.17) is 0 Å². The van der Waals surface area contributed by atoms with Crippen molar-refractivity contribution >= 4 is 27.7 Å². The van der Waals surface area contributed by atoms with Crippen LogP contribution in [0.3, 0.4) is 0 Å². The molecule has 3 aromatic rings. The minimum absolute atomic E-state index is 0.0408. The van der Waals surface area contributed by atoms with E-state index in [1.54, 1.807) is 24.3 Å². The number of benzene rings is 3. The van der Waals surface area contributed by atoms with Crippen molar-refractivity contribution in [2.24, 2.45) is 0 Å². The highest BCUT2D eigenvalue weighted by molar-refractivity contribution is 7.90. The Morgan fingerprint density at radius 1 is 0.927 bits per heavy atom. The van der Waals surface area contributed by atoms with Crippen LogP contribution in [0, 0.1) is 5.82 Å². The predicted octanol–water partition coefficient (Wildman–Crippen LogP) is 4.31. The van der Waals surface area contributed by atoms with Crippen LogP contribution in [0.15, 0.2) is 83.8 Å². The molecule has 3 amide bonds. The first-order valence-corrected chi connectivity index (χ1v) is 15.2. The van der Waals surface area contributed by atoms with E-state index in [0.717, 1.165) is 22.7 Å². The highest BCUT2D eigenvalue weighted by Crippen LogP contribution is 2.30. The van der Waals surface area contributed by atoms with Crippen LogP contribution in [0.25, 0.3) is 0 Å². The molecule has 0 unspecified atom stereocenters. The summed E-state index contributed by atoms with van der Waals surface area (Å²) in [5, 5.41) is 2.94. The number of halogens is 1. The van der Waals surface area contributed by atoms with Gasteiger partial charge in [-0.25, -0.2) is 17.1 Å². The Morgan fingerprint density at radius 3 is 2.29 bits per heavy atom. The van der Waals surface area contributed by atoms with Crippen molar-refractivity contribution in [2.45, 2.75) is 56.5 Å². The Balaban J connectivity index is 1.55.